The van der Waals surface area contributed by atoms with Crippen molar-refractivity contribution >= 4 is 22.4 Å². The summed E-state index contributed by atoms with van der Waals surface area (Å²) in [7, 11) is 2.13. The predicted octanol–water partition coefficient (Wildman–Crippen LogP) is 3.73. The van der Waals surface area contributed by atoms with Gasteiger partial charge in [-0.25, -0.2) is 9.97 Å². The number of hydrogen-bond acceptors (Lipinski definition) is 8. The molecule has 33 heavy (non-hydrogen) atoms. The fourth-order valence-corrected chi connectivity index (χ4v) is 4.08. The molecule has 1 aromatic heterocycles. The fraction of sp³-hybridized carbons (Fsp3) is 0.417. The molecule has 1 fully saturated rings. The molecule has 1 aliphatic heterocycles. The summed E-state index contributed by atoms with van der Waals surface area (Å²) in [4.78, 5) is 24.7. The molecule has 0 saturated carbocycles. The van der Waals surface area contributed by atoms with Crippen LogP contribution >= 0.6 is 0 Å². The SMILES string of the molecule is C[C@@H](Nc1ncnc2cc(OCCN3CCCN(C)CC3)c([N+](=O)[O-])cc12)c1ccccc1. The third kappa shape index (κ3) is 5.74. The van der Waals surface area contributed by atoms with Crippen LogP contribution in [-0.2, 0) is 0 Å². The summed E-state index contributed by atoms with van der Waals surface area (Å²) in [5.74, 6) is 0.792. The van der Waals surface area contributed by atoms with Crippen LogP contribution < -0.4 is 10.1 Å². The zero-order valence-corrected chi connectivity index (χ0v) is 19.1. The van der Waals surface area contributed by atoms with Gasteiger partial charge in [-0.05, 0) is 39.0 Å². The topological polar surface area (TPSA) is 96.7 Å². The summed E-state index contributed by atoms with van der Waals surface area (Å²) in [5.41, 5.74) is 1.62. The summed E-state index contributed by atoms with van der Waals surface area (Å²) in [6.45, 7) is 7.23. The maximum Gasteiger partial charge on any atom is 0.311 e. The van der Waals surface area contributed by atoms with Crippen molar-refractivity contribution in [1.82, 2.24) is 19.8 Å². The monoisotopic (exact) mass is 450 g/mol. The van der Waals surface area contributed by atoms with Gasteiger partial charge in [-0.15, -0.1) is 0 Å². The van der Waals surface area contributed by atoms with E-state index in [0.717, 1.165) is 44.7 Å². The Labute approximate surface area is 193 Å². The Balaban J connectivity index is 1.52. The van der Waals surface area contributed by atoms with Gasteiger partial charge in [0.05, 0.1) is 10.4 Å². The van der Waals surface area contributed by atoms with Gasteiger partial charge in [0.2, 0.25) is 0 Å². The van der Waals surface area contributed by atoms with Crippen molar-refractivity contribution in [3.8, 4) is 5.75 Å². The molecule has 2 heterocycles. The van der Waals surface area contributed by atoms with E-state index in [1.54, 1.807) is 6.07 Å². The molecule has 9 nitrogen and oxygen atoms in total. The van der Waals surface area contributed by atoms with E-state index in [-0.39, 0.29) is 17.5 Å². The molecule has 0 spiro atoms. The van der Waals surface area contributed by atoms with E-state index >= 15 is 0 Å². The van der Waals surface area contributed by atoms with Gasteiger partial charge in [0.15, 0.2) is 5.75 Å². The summed E-state index contributed by atoms with van der Waals surface area (Å²) >= 11 is 0. The molecule has 174 valence electrons. The Hall–Kier alpha value is -3.30. The standard InChI is InChI=1S/C24H30N6O3/c1-18(19-7-4-3-5-8-19)27-24-20-15-22(30(31)32)23(16-21(20)25-17-26-24)33-14-13-29-10-6-9-28(2)11-12-29/h3-5,7-8,15-18H,6,9-14H2,1-2H3,(H,25,26,27)/t18-/m1/s1. The first-order chi connectivity index (χ1) is 16.0. The van der Waals surface area contributed by atoms with Crippen molar-refractivity contribution in [2.75, 3.05) is 51.7 Å². The molecule has 1 N–H and O–H groups in total. The molecule has 1 saturated heterocycles. The normalized spacial score (nSPS) is 16.3. The fourth-order valence-electron chi connectivity index (χ4n) is 4.08. The van der Waals surface area contributed by atoms with Gasteiger partial charge in [-0.3, -0.25) is 15.0 Å². The van der Waals surface area contributed by atoms with Gasteiger partial charge in [0.25, 0.3) is 0 Å². The lowest BCUT2D eigenvalue weighted by Gasteiger charge is -2.20. The van der Waals surface area contributed by atoms with Crippen LogP contribution in [0.3, 0.4) is 0 Å². The zero-order valence-electron chi connectivity index (χ0n) is 19.1. The first-order valence-corrected chi connectivity index (χ1v) is 11.3. The Bertz CT molecular complexity index is 1090. The minimum atomic E-state index is -0.410. The largest absolute Gasteiger partial charge is 0.485 e. The number of hydrogen-bond donors (Lipinski definition) is 1. The van der Waals surface area contributed by atoms with Crippen LogP contribution in [0.2, 0.25) is 0 Å². The quantitative estimate of drug-likeness (QED) is 0.410. The first kappa shape index (κ1) is 22.9. The van der Waals surface area contributed by atoms with E-state index in [1.165, 1.54) is 12.4 Å². The molecule has 0 unspecified atom stereocenters. The van der Waals surface area contributed by atoms with E-state index in [4.69, 9.17) is 4.74 Å². The summed E-state index contributed by atoms with van der Waals surface area (Å²) in [6, 6.07) is 13.1. The minimum absolute atomic E-state index is 0.0213. The van der Waals surface area contributed by atoms with Crippen molar-refractivity contribution in [2.24, 2.45) is 0 Å². The number of aromatic nitrogens is 2. The van der Waals surface area contributed by atoms with Gasteiger partial charge in [0.1, 0.15) is 18.8 Å². The number of nitro benzene ring substituents is 1. The summed E-state index contributed by atoms with van der Waals surface area (Å²) in [6.07, 6.45) is 2.58. The summed E-state index contributed by atoms with van der Waals surface area (Å²) in [5, 5.41) is 15.8. The molecule has 0 aliphatic carbocycles. The highest BCUT2D eigenvalue weighted by Gasteiger charge is 2.21. The third-order valence-corrected chi connectivity index (χ3v) is 6.04. The highest BCUT2D eigenvalue weighted by Crippen LogP contribution is 2.34. The van der Waals surface area contributed by atoms with Crippen molar-refractivity contribution < 1.29 is 9.66 Å². The van der Waals surface area contributed by atoms with E-state index in [9.17, 15) is 10.1 Å². The number of rotatable bonds is 8. The Morgan fingerprint density at radius 1 is 1.15 bits per heavy atom. The first-order valence-electron chi connectivity index (χ1n) is 11.3. The molecular weight excluding hydrogens is 420 g/mol. The second-order valence-electron chi connectivity index (χ2n) is 8.44. The number of nitrogens with zero attached hydrogens (tertiary/aromatic N) is 5. The second-order valence-corrected chi connectivity index (χ2v) is 8.44. The number of ether oxygens (including phenoxy) is 1. The molecule has 0 amide bonds. The average Bonchev–Trinajstić information content (AvgIpc) is 3.03. The Morgan fingerprint density at radius 2 is 1.97 bits per heavy atom. The van der Waals surface area contributed by atoms with Gasteiger partial charge in [0, 0.05) is 43.2 Å². The van der Waals surface area contributed by atoms with E-state index in [0.29, 0.717) is 23.3 Å². The lowest BCUT2D eigenvalue weighted by molar-refractivity contribution is -0.385. The lowest BCUT2D eigenvalue weighted by Crippen LogP contribution is -2.32. The number of fused-ring (bicyclic) bond motifs is 1. The zero-order chi connectivity index (χ0) is 23.2. The Morgan fingerprint density at radius 3 is 2.76 bits per heavy atom. The number of likely N-dealkylation sites (N-methyl/N-ethyl adjacent to an activating group) is 1. The van der Waals surface area contributed by atoms with Gasteiger partial charge in [-0.1, -0.05) is 30.3 Å². The van der Waals surface area contributed by atoms with Crippen LogP contribution in [0.15, 0.2) is 48.8 Å². The summed E-state index contributed by atoms with van der Waals surface area (Å²) < 4.78 is 5.89. The van der Waals surface area contributed by atoms with Crippen molar-refractivity contribution in [1.29, 1.82) is 0 Å². The van der Waals surface area contributed by atoms with Gasteiger partial charge in [-0.2, -0.15) is 0 Å². The number of nitrogens with one attached hydrogen (secondary N) is 1. The van der Waals surface area contributed by atoms with E-state index < -0.39 is 4.92 Å². The molecule has 4 rings (SSSR count). The average molecular weight is 451 g/mol. The van der Waals surface area contributed by atoms with Crippen LogP contribution in [0, 0.1) is 10.1 Å². The maximum atomic E-state index is 11.8. The van der Waals surface area contributed by atoms with Crippen molar-refractivity contribution in [3.63, 3.8) is 0 Å². The van der Waals surface area contributed by atoms with Crippen LogP contribution in [-0.4, -0.2) is 71.1 Å². The van der Waals surface area contributed by atoms with Crippen molar-refractivity contribution in [3.05, 3.63) is 64.5 Å². The van der Waals surface area contributed by atoms with E-state index in [1.807, 2.05) is 37.3 Å². The van der Waals surface area contributed by atoms with Gasteiger partial charge < -0.3 is 15.0 Å². The molecule has 3 aromatic rings. The van der Waals surface area contributed by atoms with Crippen LogP contribution in [0.25, 0.3) is 10.9 Å². The van der Waals surface area contributed by atoms with Crippen LogP contribution in [0.1, 0.15) is 24.9 Å². The lowest BCUT2D eigenvalue weighted by atomic mass is 10.1. The molecule has 0 radical (unpaired) electrons. The van der Waals surface area contributed by atoms with Crippen LogP contribution in [0.4, 0.5) is 11.5 Å². The molecule has 1 atom stereocenters. The molecule has 1 aliphatic rings. The molecule has 0 bridgehead atoms. The molecule has 9 heteroatoms. The van der Waals surface area contributed by atoms with Gasteiger partial charge >= 0.3 is 5.69 Å². The third-order valence-electron chi connectivity index (χ3n) is 6.04. The smallest absolute Gasteiger partial charge is 0.311 e. The highest BCUT2D eigenvalue weighted by atomic mass is 16.6. The minimum Gasteiger partial charge on any atom is -0.485 e. The van der Waals surface area contributed by atoms with E-state index in [2.05, 4.69) is 32.1 Å². The maximum absolute atomic E-state index is 11.8. The highest BCUT2D eigenvalue weighted by molar-refractivity contribution is 5.92. The van der Waals surface area contributed by atoms with Crippen LogP contribution in [0.5, 0.6) is 5.75 Å². The number of benzene rings is 2. The molecular formula is C24H30N6O3. The molecule has 2 aromatic carbocycles. The number of nitro groups is 1. The number of anilines is 1. The Kier molecular flexibility index (Phi) is 7.31. The van der Waals surface area contributed by atoms with Crippen molar-refractivity contribution in [2.45, 2.75) is 19.4 Å². The predicted molar refractivity (Wildman–Crippen MR) is 129 cm³/mol. The second kappa shape index (κ2) is 10.5.